The maximum absolute atomic E-state index is 4.38. The standard InChI is InChI=1S/C10H9N.H3P.H2S/c1-8-6-7-9-4-2-3-5-10(9)11-8;;/h2-7H,1H3;1H3;1H2. The number of fused-ring (bicyclic) bond motifs is 1. The molecule has 0 aliphatic heterocycles. The highest BCUT2D eigenvalue weighted by Crippen LogP contribution is 2.10. The van der Waals surface area contributed by atoms with E-state index in [1.54, 1.807) is 0 Å². The van der Waals surface area contributed by atoms with Gasteiger partial charge in [-0.2, -0.15) is 23.4 Å². The average molecular weight is 211 g/mol. The molecule has 1 aromatic carbocycles. The minimum atomic E-state index is 0. The normalized spacial score (nSPS) is 8.69. The van der Waals surface area contributed by atoms with Gasteiger partial charge in [0.15, 0.2) is 0 Å². The van der Waals surface area contributed by atoms with Gasteiger partial charge < -0.3 is 0 Å². The fourth-order valence-corrected chi connectivity index (χ4v) is 1.17. The highest BCUT2D eigenvalue weighted by Gasteiger charge is 1.90. The molecule has 1 nitrogen and oxygen atoms in total. The number of hydrogen-bond acceptors (Lipinski definition) is 1. The van der Waals surface area contributed by atoms with Crippen molar-refractivity contribution in [3.05, 3.63) is 42.1 Å². The molecule has 0 fully saturated rings. The van der Waals surface area contributed by atoms with Crippen LogP contribution in [0.3, 0.4) is 0 Å². The number of aryl methyl sites for hydroxylation is 1. The minimum Gasteiger partial charge on any atom is -0.253 e. The van der Waals surface area contributed by atoms with Gasteiger partial charge in [0, 0.05) is 11.1 Å². The van der Waals surface area contributed by atoms with Crippen LogP contribution in [0, 0.1) is 6.92 Å². The first-order valence-corrected chi connectivity index (χ1v) is 3.69. The summed E-state index contributed by atoms with van der Waals surface area (Å²) in [6.45, 7) is 2.01. The smallest absolute Gasteiger partial charge is 0.0705 e. The van der Waals surface area contributed by atoms with E-state index in [0.29, 0.717) is 0 Å². The molecule has 0 bridgehead atoms. The van der Waals surface area contributed by atoms with Gasteiger partial charge >= 0.3 is 0 Å². The summed E-state index contributed by atoms with van der Waals surface area (Å²) >= 11 is 0. The molecule has 1 atom stereocenters. The van der Waals surface area contributed by atoms with Crippen LogP contribution in [0.5, 0.6) is 0 Å². The van der Waals surface area contributed by atoms with Gasteiger partial charge in [0.1, 0.15) is 0 Å². The lowest BCUT2D eigenvalue weighted by molar-refractivity contribution is 1.26. The van der Waals surface area contributed by atoms with Gasteiger partial charge in [-0.3, -0.25) is 4.98 Å². The molecule has 13 heavy (non-hydrogen) atoms. The number of pyridine rings is 1. The van der Waals surface area contributed by atoms with E-state index in [1.165, 1.54) is 5.39 Å². The van der Waals surface area contributed by atoms with E-state index in [0.717, 1.165) is 11.2 Å². The van der Waals surface area contributed by atoms with E-state index >= 15 is 0 Å². The van der Waals surface area contributed by atoms with E-state index in [-0.39, 0.29) is 23.4 Å². The fraction of sp³-hybridized carbons (Fsp3) is 0.100. The van der Waals surface area contributed by atoms with E-state index in [2.05, 4.69) is 17.1 Å². The predicted molar refractivity (Wildman–Crippen MR) is 68.0 cm³/mol. The maximum Gasteiger partial charge on any atom is 0.0705 e. The molecule has 0 amide bonds. The third-order valence-electron chi connectivity index (χ3n) is 1.74. The lowest BCUT2D eigenvalue weighted by Crippen LogP contribution is -1.80. The molecule has 0 aliphatic rings. The van der Waals surface area contributed by atoms with Gasteiger partial charge in [-0.05, 0) is 19.1 Å². The summed E-state index contributed by atoms with van der Waals surface area (Å²) in [4.78, 5) is 4.38. The van der Waals surface area contributed by atoms with Crippen LogP contribution in [0.25, 0.3) is 10.9 Å². The second kappa shape index (κ2) is 5.21. The van der Waals surface area contributed by atoms with E-state index in [9.17, 15) is 0 Å². The summed E-state index contributed by atoms with van der Waals surface area (Å²) in [5.41, 5.74) is 2.15. The van der Waals surface area contributed by atoms with Crippen LogP contribution in [0.1, 0.15) is 5.69 Å². The van der Waals surface area contributed by atoms with Crippen molar-refractivity contribution in [1.29, 1.82) is 0 Å². The number of aromatic nitrogens is 1. The molecule has 2 aromatic rings. The molecule has 2 rings (SSSR count). The van der Waals surface area contributed by atoms with Gasteiger partial charge in [-0.25, -0.2) is 0 Å². The Labute approximate surface area is 88.6 Å². The summed E-state index contributed by atoms with van der Waals surface area (Å²) in [7, 11) is 0. The molecule has 70 valence electrons. The highest BCUT2D eigenvalue weighted by molar-refractivity contribution is 7.59. The van der Waals surface area contributed by atoms with Gasteiger partial charge in [-0.1, -0.05) is 24.3 Å². The SMILES string of the molecule is Cc1ccc2ccccc2n1.P.S. The van der Waals surface area contributed by atoms with Gasteiger partial charge in [0.05, 0.1) is 5.52 Å². The van der Waals surface area contributed by atoms with Gasteiger partial charge in [0.25, 0.3) is 0 Å². The Morgan fingerprint density at radius 3 is 2.46 bits per heavy atom. The number of benzene rings is 1. The summed E-state index contributed by atoms with van der Waals surface area (Å²) in [6, 6.07) is 12.3. The summed E-state index contributed by atoms with van der Waals surface area (Å²) < 4.78 is 0. The van der Waals surface area contributed by atoms with Crippen molar-refractivity contribution < 1.29 is 0 Å². The lowest BCUT2D eigenvalue weighted by Gasteiger charge is -1.95. The Hall–Kier alpha value is -0.590. The highest BCUT2D eigenvalue weighted by atomic mass is 32.1. The first-order chi connectivity index (χ1) is 5.36. The number of hydrogen-bond donors (Lipinski definition) is 0. The molecule has 0 aliphatic carbocycles. The van der Waals surface area contributed by atoms with Gasteiger partial charge in [0.2, 0.25) is 0 Å². The molecular formula is C10H14NPS. The number of nitrogens with zero attached hydrogens (tertiary/aromatic N) is 1. The van der Waals surface area contributed by atoms with E-state index in [1.807, 2.05) is 31.2 Å². The van der Waals surface area contributed by atoms with E-state index < -0.39 is 0 Å². The Morgan fingerprint density at radius 1 is 1.00 bits per heavy atom. The van der Waals surface area contributed by atoms with Crippen LogP contribution in [0.2, 0.25) is 0 Å². The van der Waals surface area contributed by atoms with Crippen molar-refractivity contribution in [3.63, 3.8) is 0 Å². The third-order valence-corrected chi connectivity index (χ3v) is 1.74. The molecule has 0 saturated carbocycles. The minimum absolute atomic E-state index is 0. The zero-order valence-corrected chi connectivity index (χ0v) is 10.0. The quantitative estimate of drug-likeness (QED) is 0.610. The van der Waals surface area contributed by atoms with Crippen LogP contribution in [0.15, 0.2) is 36.4 Å². The monoisotopic (exact) mass is 211 g/mol. The second-order valence-corrected chi connectivity index (χ2v) is 2.65. The first-order valence-electron chi connectivity index (χ1n) is 3.69. The lowest BCUT2D eigenvalue weighted by atomic mass is 10.2. The molecule has 1 aromatic heterocycles. The van der Waals surface area contributed by atoms with Crippen LogP contribution in [-0.4, -0.2) is 4.98 Å². The largest absolute Gasteiger partial charge is 0.253 e. The molecular weight excluding hydrogens is 197 g/mol. The van der Waals surface area contributed by atoms with Crippen LogP contribution < -0.4 is 0 Å². The van der Waals surface area contributed by atoms with Crippen molar-refractivity contribution in [2.24, 2.45) is 0 Å². The average Bonchev–Trinajstić information content (AvgIpc) is 2.04. The third kappa shape index (κ3) is 2.68. The van der Waals surface area contributed by atoms with E-state index in [4.69, 9.17) is 0 Å². The van der Waals surface area contributed by atoms with Gasteiger partial charge in [-0.15, -0.1) is 0 Å². The molecule has 0 radical (unpaired) electrons. The Morgan fingerprint density at radius 2 is 1.69 bits per heavy atom. The van der Waals surface area contributed by atoms with Crippen molar-refractivity contribution in [1.82, 2.24) is 4.98 Å². The molecule has 0 N–H and O–H groups in total. The molecule has 0 saturated heterocycles. The summed E-state index contributed by atoms with van der Waals surface area (Å²) in [6.07, 6.45) is 0. The predicted octanol–water partition coefficient (Wildman–Crippen LogP) is 2.71. The number of rotatable bonds is 0. The Balaban J connectivity index is 0.000000720. The fourth-order valence-electron chi connectivity index (χ4n) is 1.17. The number of para-hydroxylation sites is 1. The Kier molecular flexibility index (Phi) is 4.97. The second-order valence-electron chi connectivity index (χ2n) is 2.65. The Bertz CT molecular complexity index is 389. The zero-order valence-electron chi connectivity index (χ0n) is 7.62. The van der Waals surface area contributed by atoms with Crippen molar-refractivity contribution in [3.8, 4) is 0 Å². The van der Waals surface area contributed by atoms with Crippen molar-refractivity contribution in [2.45, 2.75) is 6.92 Å². The maximum atomic E-state index is 4.38. The van der Waals surface area contributed by atoms with Crippen molar-refractivity contribution in [2.75, 3.05) is 0 Å². The van der Waals surface area contributed by atoms with Crippen LogP contribution >= 0.6 is 23.4 Å². The molecule has 1 heterocycles. The molecule has 1 unspecified atom stereocenters. The summed E-state index contributed by atoms with van der Waals surface area (Å²) in [5, 5.41) is 1.21. The first kappa shape index (κ1) is 12.4. The topological polar surface area (TPSA) is 12.9 Å². The zero-order chi connectivity index (χ0) is 7.68. The van der Waals surface area contributed by atoms with Crippen molar-refractivity contribution >= 4 is 34.3 Å². The summed E-state index contributed by atoms with van der Waals surface area (Å²) in [5.74, 6) is 0. The van der Waals surface area contributed by atoms with Crippen LogP contribution in [0.4, 0.5) is 0 Å². The molecule has 0 spiro atoms. The molecule has 3 heteroatoms. The van der Waals surface area contributed by atoms with Crippen LogP contribution in [-0.2, 0) is 0 Å².